The molecule has 2 aromatic carbocycles. The molecule has 6 nitrogen and oxygen atoms in total. The molecular weight excluding hydrogens is 374 g/mol. The molecule has 0 spiro atoms. The summed E-state index contributed by atoms with van der Waals surface area (Å²) < 4.78 is 10.8. The second-order valence-corrected chi connectivity index (χ2v) is 7.76. The van der Waals surface area contributed by atoms with E-state index < -0.39 is 0 Å². The average Bonchev–Trinajstić information content (AvgIpc) is 3.16. The molecule has 3 rings (SSSR count). The second kappa shape index (κ2) is 9.50. The number of H-pyrrole nitrogens is 1. The van der Waals surface area contributed by atoms with Crippen LogP contribution in [0.3, 0.4) is 0 Å². The molecule has 1 aromatic heterocycles. The van der Waals surface area contributed by atoms with Crippen molar-refractivity contribution in [3.63, 3.8) is 0 Å². The Hall–Kier alpha value is -2.67. The number of carbonyl (C=O) groups excluding carboxylic acids is 1. The first kappa shape index (κ1) is 20.1. The number of para-hydroxylation sites is 2. The quantitative estimate of drug-likeness (QED) is 0.591. The summed E-state index contributed by atoms with van der Waals surface area (Å²) in [6, 6.07) is 15.3. The van der Waals surface area contributed by atoms with Gasteiger partial charge in [0.05, 0.1) is 35.7 Å². The molecule has 0 aliphatic rings. The van der Waals surface area contributed by atoms with E-state index in [2.05, 4.69) is 16.9 Å². The molecule has 3 aromatic rings. The fourth-order valence-corrected chi connectivity index (χ4v) is 3.53. The molecule has 0 saturated carbocycles. The van der Waals surface area contributed by atoms with Crippen LogP contribution >= 0.6 is 11.8 Å². The number of ether oxygens (including phenoxy) is 2. The number of nitrogens with zero attached hydrogens (tertiary/aromatic N) is 2. The highest BCUT2D eigenvalue weighted by Gasteiger charge is 2.15. The maximum Gasteiger partial charge on any atom is 0.232 e. The van der Waals surface area contributed by atoms with Gasteiger partial charge in [0.15, 0.2) is 0 Å². The lowest BCUT2D eigenvalue weighted by Gasteiger charge is -2.18. The van der Waals surface area contributed by atoms with Crippen LogP contribution in [-0.4, -0.2) is 53.8 Å². The summed E-state index contributed by atoms with van der Waals surface area (Å²) in [4.78, 5) is 22.0. The van der Waals surface area contributed by atoms with Crippen molar-refractivity contribution in [3.8, 4) is 11.5 Å². The number of fused-ring (bicyclic) bond motifs is 1. The van der Waals surface area contributed by atoms with Crippen LogP contribution in [0.4, 0.5) is 0 Å². The van der Waals surface area contributed by atoms with Crippen LogP contribution in [0.2, 0.25) is 0 Å². The standard InChI is InChI=1S/C21H25N3O3S/c1-15(21-22-18-6-4-5-7-19(18)23-21)28-14-20(25)24(2)12-13-27-17-10-8-16(26-3)9-11-17/h4-11,15H,12-14H2,1-3H3,(H,22,23). The summed E-state index contributed by atoms with van der Waals surface area (Å²) in [5.74, 6) is 2.91. The maximum atomic E-state index is 12.4. The molecule has 0 aliphatic carbocycles. The first-order valence-corrected chi connectivity index (χ1v) is 10.2. The minimum atomic E-state index is 0.0753. The number of carbonyl (C=O) groups is 1. The Balaban J connectivity index is 1.41. The number of rotatable bonds is 9. The van der Waals surface area contributed by atoms with E-state index in [0.717, 1.165) is 28.4 Å². The van der Waals surface area contributed by atoms with E-state index in [0.29, 0.717) is 18.9 Å². The number of nitrogens with one attached hydrogen (secondary N) is 1. The number of hydrogen-bond acceptors (Lipinski definition) is 5. The summed E-state index contributed by atoms with van der Waals surface area (Å²) in [6.45, 7) is 3.03. The smallest absolute Gasteiger partial charge is 0.232 e. The summed E-state index contributed by atoms with van der Waals surface area (Å²) in [6.07, 6.45) is 0. The number of likely N-dealkylation sites (N-methyl/N-ethyl adjacent to an activating group) is 1. The third-order valence-corrected chi connectivity index (χ3v) is 5.57. The van der Waals surface area contributed by atoms with Gasteiger partial charge in [0.1, 0.15) is 23.9 Å². The molecule has 0 saturated heterocycles. The zero-order chi connectivity index (χ0) is 19.9. The monoisotopic (exact) mass is 399 g/mol. The van der Waals surface area contributed by atoms with Gasteiger partial charge in [-0.15, -0.1) is 11.8 Å². The predicted octanol–water partition coefficient (Wildman–Crippen LogP) is 3.90. The van der Waals surface area contributed by atoms with Crippen molar-refractivity contribution in [2.75, 3.05) is 33.1 Å². The first-order valence-electron chi connectivity index (χ1n) is 9.14. The van der Waals surface area contributed by atoms with Crippen LogP contribution in [0.15, 0.2) is 48.5 Å². The molecule has 0 aliphatic heterocycles. The highest BCUT2D eigenvalue weighted by Crippen LogP contribution is 2.27. The normalized spacial score (nSPS) is 12.0. The highest BCUT2D eigenvalue weighted by molar-refractivity contribution is 8.00. The maximum absolute atomic E-state index is 12.4. The van der Waals surface area contributed by atoms with Gasteiger partial charge in [0, 0.05) is 7.05 Å². The Morgan fingerprint density at radius 1 is 1.18 bits per heavy atom. The van der Waals surface area contributed by atoms with Crippen molar-refractivity contribution >= 4 is 28.7 Å². The van der Waals surface area contributed by atoms with Crippen LogP contribution < -0.4 is 9.47 Å². The van der Waals surface area contributed by atoms with Gasteiger partial charge in [-0.3, -0.25) is 4.79 Å². The molecule has 7 heteroatoms. The lowest BCUT2D eigenvalue weighted by atomic mass is 10.3. The number of hydrogen-bond donors (Lipinski definition) is 1. The van der Waals surface area contributed by atoms with E-state index in [1.54, 1.807) is 30.8 Å². The van der Waals surface area contributed by atoms with Crippen LogP contribution in [-0.2, 0) is 4.79 Å². The van der Waals surface area contributed by atoms with Crippen LogP contribution in [0.1, 0.15) is 18.0 Å². The van der Waals surface area contributed by atoms with Crippen molar-refractivity contribution in [1.29, 1.82) is 0 Å². The van der Waals surface area contributed by atoms with E-state index in [4.69, 9.17) is 9.47 Å². The molecule has 1 amide bonds. The number of aromatic nitrogens is 2. The number of benzene rings is 2. The summed E-state index contributed by atoms with van der Waals surface area (Å²) in [5, 5.41) is 0.111. The fourth-order valence-electron chi connectivity index (χ4n) is 2.65. The molecule has 1 N–H and O–H groups in total. The molecule has 148 valence electrons. The molecule has 28 heavy (non-hydrogen) atoms. The van der Waals surface area contributed by atoms with E-state index >= 15 is 0 Å². The van der Waals surface area contributed by atoms with Crippen molar-refractivity contribution in [2.24, 2.45) is 0 Å². The molecule has 0 bridgehead atoms. The van der Waals surface area contributed by atoms with Crippen LogP contribution in [0, 0.1) is 0 Å². The third kappa shape index (κ3) is 5.19. The Kier molecular flexibility index (Phi) is 6.81. The van der Waals surface area contributed by atoms with Gasteiger partial charge in [0.2, 0.25) is 5.91 Å². The molecule has 1 atom stereocenters. The topological polar surface area (TPSA) is 67.5 Å². The summed E-state index contributed by atoms with van der Waals surface area (Å²) in [7, 11) is 3.43. The lowest BCUT2D eigenvalue weighted by molar-refractivity contribution is -0.127. The molecule has 0 fully saturated rings. The third-order valence-electron chi connectivity index (χ3n) is 4.43. The molecular formula is C21H25N3O3S. The largest absolute Gasteiger partial charge is 0.497 e. The van der Waals surface area contributed by atoms with Crippen LogP contribution in [0.25, 0.3) is 11.0 Å². The van der Waals surface area contributed by atoms with E-state index in [1.807, 2.05) is 48.5 Å². The Morgan fingerprint density at radius 2 is 1.89 bits per heavy atom. The van der Waals surface area contributed by atoms with E-state index in [1.165, 1.54) is 0 Å². The molecule has 1 heterocycles. The minimum Gasteiger partial charge on any atom is -0.497 e. The number of imidazole rings is 1. The number of amides is 1. The minimum absolute atomic E-state index is 0.0753. The summed E-state index contributed by atoms with van der Waals surface area (Å²) >= 11 is 1.58. The van der Waals surface area contributed by atoms with Gasteiger partial charge in [-0.1, -0.05) is 12.1 Å². The number of methoxy groups -OCH3 is 1. The number of aromatic amines is 1. The van der Waals surface area contributed by atoms with Crippen molar-refractivity contribution in [3.05, 3.63) is 54.4 Å². The Morgan fingerprint density at radius 3 is 2.61 bits per heavy atom. The van der Waals surface area contributed by atoms with E-state index in [-0.39, 0.29) is 11.2 Å². The number of thioether (sulfide) groups is 1. The Bertz CT molecular complexity index is 878. The van der Waals surface area contributed by atoms with Gasteiger partial charge < -0.3 is 19.4 Å². The lowest BCUT2D eigenvalue weighted by Crippen LogP contribution is -2.32. The average molecular weight is 400 g/mol. The summed E-state index contributed by atoms with van der Waals surface area (Å²) in [5.41, 5.74) is 1.97. The van der Waals surface area contributed by atoms with Gasteiger partial charge in [-0.05, 0) is 43.3 Å². The van der Waals surface area contributed by atoms with Gasteiger partial charge in [0.25, 0.3) is 0 Å². The van der Waals surface area contributed by atoms with Crippen molar-refractivity contribution in [1.82, 2.24) is 14.9 Å². The van der Waals surface area contributed by atoms with Crippen LogP contribution in [0.5, 0.6) is 11.5 Å². The van der Waals surface area contributed by atoms with Crippen molar-refractivity contribution in [2.45, 2.75) is 12.2 Å². The van der Waals surface area contributed by atoms with Gasteiger partial charge >= 0.3 is 0 Å². The zero-order valence-electron chi connectivity index (χ0n) is 16.3. The van der Waals surface area contributed by atoms with Gasteiger partial charge in [-0.25, -0.2) is 4.98 Å². The Labute approximate surface area is 169 Å². The molecule has 1 unspecified atom stereocenters. The van der Waals surface area contributed by atoms with Crippen molar-refractivity contribution < 1.29 is 14.3 Å². The first-order chi connectivity index (χ1) is 13.6. The second-order valence-electron chi connectivity index (χ2n) is 6.43. The highest BCUT2D eigenvalue weighted by atomic mass is 32.2. The SMILES string of the molecule is COc1ccc(OCCN(C)C(=O)CSC(C)c2nc3ccccc3[nH]2)cc1. The van der Waals surface area contributed by atoms with E-state index in [9.17, 15) is 4.79 Å². The van der Waals surface area contributed by atoms with Gasteiger partial charge in [-0.2, -0.15) is 0 Å². The fraction of sp³-hybridized carbons (Fsp3) is 0.333. The zero-order valence-corrected chi connectivity index (χ0v) is 17.2. The molecule has 0 radical (unpaired) electrons. The predicted molar refractivity (Wildman–Crippen MR) is 113 cm³/mol.